The second-order valence-corrected chi connectivity index (χ2v) is 7.52. The summed E-state index contributed by atoms with van der Waals surface area (Å²) in [5, 5.41) is 2.48. The van der Waals surface area contributed by atoms with E-state index in [0.29, 0.717) is 43.9 Å². The van der Waals surface area contributed by atoms with Crippen LogP contribution in [0.15, 0.2) is 43.0 Å². The van der Waals surface area contributed by atoms with Gasteiger partial charge in [-0.15, -0.1) is 0 Å². The second kappa shape index (κ2) is 8.56. The van der Waals surface area contributed by atoms with Crippen molar-refractivity contribution in [1.82, 2.24) is 19.5 Å². The van der Waals surface area contributed by atoms with Crippen molar-refractivity contribution in [1.29, 1.82) is 0 Å². The van der Waals surface area contributed by atoms with Crippen LogP contribution in [-0.4, -0.2) is 38.5 Å². The quantitative estimate of drug-likeness (QED) is 0.611. The number of carbonyl (C=O) groups excluding carboxylic acids is 1. The van der Waals surface area contributed by atoms with E-state index in [-0.39, 0.29) is 17.5 Å². The lowest BCUT2D eigenvalue weighted by Crippen LogP contribution is -2.38. The zero-order valence-electron chi connectivity index (χ0n) is 17.1. The lowest BCUT2D eigenvalue weighted by atomic mass is 9.95. The van der Waals surface area contributed by atoms with Crippen LogP contribution in [-0.2, 0) is 11.0 Å². The summed E-state index contributed by atoms with van der Waals surface area (Å²) in [5.41, 5.74) is -1.49. The Hall–Kier alpha value is -3.50. The van der Waals surface area contributed by atoms with E-state index < -0.39 is 17.6 Å². The van der Waals surface area contributed by atoms with Gasteiger partial charge in [-0.1, -0.05) is 0 Å². The largest absolute Gasteiger partial charge is 0.419 e. The molecule has 4 rings (SSSR count). The predicted molar refractivity (Wildman–Crippen MR) is 109 cm³/mol. The molecule has 32 heavy (non-hydrogen) atoms. The molecular formula is C21H20F4N6O. The fourth-order valence-electron chi connectivity index (χ4n) is 3.70. The number of hydrogen-bond acceptors (Lipinski definition) is 5. The molecule has 1 fully saturated rings. The van der Waals surface area contributed by atoms with Crippen LogP contribution >= 0.6 is 0 Å². The summed E-state index contributed by atoms with van der Waals surface area (Å²) in [5.74, 6) is 0.0556. The maximum atomic E-state index is 13.4. The Kier molecular flexibility index (Phi) is 5.81. The number of nitrogens with one attached hydrogen (secondary N) is 1. The minimum Gasteiger partial charge on any atom is -0.356 e. The van der Waals surface area contributed by atoms with Gasteiger partial charge in [0, 0.05) is 43.2 Å². The normalized spacial score (nSPS) is 15.1. The molecule has 2 aromatic heterocycles. The monoisotopic (exact) mass is 448 g/mol. The molecule has 0 atom stereocenters. The molecule has 168 valence electrons. The first-order chi connectivity index (χ1) is 15.2. The first kappa shape index (κ1) is 21.7. The molecule has 1 aromatic carbocycles. The number of carbonyl (C=O) groups is 1. The number of aryl methyl sites for hydroxylation is 1. The van der Waals surface area contributed by atoms with Crippen LogP contribution in [0.1, 0.15) is 24.2 Å². The number of nitrogens with zero attached hydrogens (tertiary/aromatic N) is 5. The van der Waals surface area contributed by atoms with E-state index in [1.54, 1.807) is 12.4 Å². The molecule has 1 saturated heterocycles. The molecule has 1 aliphatic heterocycles. The number of hydrogen-bond donors (Lipinski definition) is 1. The zero-order valence-corrected chi connectivity index (χ0v) is 17.1. The van der Waals surface area contributed by atoms with E-state index in [9.17, 15) is 22.4 Å². The Morgan fingerprint density at radius 1 is 1.09 bits per heavy atom. The standard InChI is InChI=1S/C21H20F4N6O/c1-13-26-6-9-31(13)19-11-18(27-12-28-19)30-7-4-14(5-8-30)20(32)29-15-2-3-17(22)16(10-15)21(23,24)25/h2-3,6,9-12,14H,4-5,7-8H2,1H3,(H,29,32). The minimum absolute atomic E-state index is 0.0812. The molecule has 7 nitrogen and oxygen atoms in total. The van der Waals surface area contributed by atoms with Gasteiger partial charge in [0.2, 0.25) is 5.91 Å². The van der Waals surface area contributed by atoms with Crippen molar-refractivity contribution in [3.63, 3.8) is 0 Å². The minimum atomic E-state index is -4.83. The molecule has 1 amide bonds. The van der Waals surface area contributed by atoms with Gasteiger partial charge in [0.25, 0.3) is 0 Å². The van der Waals surface area contributed by atoms with Crippen molar-refractivity contribution in [3.8, 4) is 5.82 Å². The molecule has 0 saturated carbocycles. The third kappa shape index (κ3) is 4.56. The molecule has 0 spiro atoms. The number of amides is 1. The highest BCUT2D eigenvalue weighted by Gasteiger charge is 2.34. The predicted octanol–water partition coefficient (Wildman–Crippen LogP) is 3.98. The summed E-state index contributed by atoms with van der Waals surface area (Å²) >= 11 is 0. The molecule has 0 bridgehead atoms. The number of anilines is 2. The second-order valence-electron chi connectivity index (χ2n) is 7.52. The lowest BCUT2D eigenvalue weighted by molar-refractivity contribution is -0.140. The molecule has 11 heteroatoms. The summed E-state index contributed by atoms with van der Waals surface area (Å²) in [6.45, 7) is 2.97. The van der Waals surface area contributed by atoms with E-state index in [1.165, 1.54) is 6.33 Å². The van der Waals surface area contributed by atoms with Gasteiger partial charge in [-0.3, -0.25) is 9.36 Å². The number of benzene rings is 1. The summed E-state index contributed by atoms with van der Waals surface area (Å²) < 4.78 is 54.0. The van der Waals surface area contributed by atoms with Gasteiger partial charge < -0.3 is 10.2 Å². The van der Waals surface area contributed by atoms with E-state index >= 15 is 0 Å². The highest BCUT2D eigenvalue weighted by atomic mass is 19.4. The Bertz CT molecular complexity index is 1120. The van der Waals surface area contributed by atoms with Gasteiger partial charge >= 0.3 is 6.18 Å². The SMILES string of the molecule is Cc1nccn1-c1cc(N2CCC(C(=O)Nc3ccc(F)c(C(F)(F)F)c3)CC2)ncn1. The lowest BCUT2D eigenvalue weighted by Gasteiger charge is -2.32. The van der Waals surface area contributed by atoms with E-state index in [4.69, 9.17) is 0 Å². The van der Waals surface area contributed by atoms with Crippen LogP contribution in [0.5, 0.6) is 0 Å². The number of piperidine rings is 1. The van der Waals surface area contributed by atoms with Crippen LogP contribution in [0, 0.1) is 18.7 Å². The van der Waals surface area contributed by atoms with Gasteiger partial charge in [0.05, 0.1) is 5.56 Å². The zero-order chi connectivity index (χ0) is 22.9. The molecule has 3 heterocycles. The van der Waals surface area contributed by atoms with E-state index in [2.05, 4.69) is 20.3 Å². The van der Waals surface area contributed by atoms with Crippen molar-refractivity contribution < 1.29 is 22.4 Å². The highest BCUT2D eigenvalue weighted by Crippen LogP contribution is 2.33. The number of imidazole rings is 1. The Morgan fingerprint density at radius 3 is 2.47 bits per heavy atom. The van der Waals surface area contributed by atoms with Crippen molar-refractivity contribution in [3.05, 3.63) is 60.2 Å². The molecule has 0 aliphatic carbocycles. The molecular weight excluding hydrogens is 428 g/mol. The summed E-state index contributed by atoms with van der Waals surface area (Å²) in [7, 11) is 0. The smallest absolute Gasteiger partial charge is 0.356 e. The molecule has 0 unspecified atom stereocenters. The van der Waals surface area contributed by atoms with Gasteiger partial charge in [-0.2, -0.15) is 13.2 Å². The van der Waals surface area contributed by atoms with Crippen molar-refractivity contribution >= 4 is 17.4 Å². The number of aromatic nitrogens is 4. The van der Waals surface area contributed by atoms with Crippen LogP contribution in [0.2, 0.25) is 0 Å². The van der Waals surface area contributed by atoms with Gasteiger partial charge in [0.15, 0.2) is 0 Å². The van der Waals surface area contributed by atoms with Crippen molar-refractivity contribution in [2.45, 2.75) is 25.9 Å². The first-order valence-corrected chi connectivity index (χ1v) is 9.97. The number of rotatable bonds is 4. The van der Waals surface area contributed by atoms with Gasteiger partial charge in [-0.25, -0.2) is 19.3 Å². The third-order valence-electron chi connectivity index (χ3n) is 5.44. The molecule has 0 radical (unpaired) electrons. The average molecular weight is 448 g/mol. The van der Waals surface area contributed by atoms with Gasteiger partial charge in [0.1, 0.15) is 29.6 Å². The van der Waals surface area contributed by atoms with Gasteiger partial charge in [-0.05, 0) is 38.0 Å². The highest BCUT2D eigenvalue weighted by molar-refractivity contribution is 5.92. The molecule has 3 aromatic rings. The molecule has 1 N–H and O–H groups in total. The summed E-state index contributed by atoms with van der Waals surface area (Å²) in [6.07, 6.45) is 1.13. The fraction of sp³-hybridized carbons (Fsp3) is 0.333. The Balaban J connectivity index is 1.39. The fourth-order valence-corrected chi connectivity index (χ4v) is 3.70. The van der Waals surface area contributed by atoms with Crippen LogP contribution in [0.4, 0.5) is 29.1 Å². The Labute approximate surface area is 181 Å². The summed E-state index contributed by atoms with van der Waals surface area (Å²) in [6, 6.07) is 4.28. The van der Waals surface area contributed by atoms with E-state index in [1.807, 2.05) is 22.5 Å². The average Bonchev–Trinajstić information content (AvgIpc) is 3.20. The third-order valence-corrected chi connectivity index (χ3v) is 5.44. The number of halogens is 4. The maximum absolute atomic E-state index is 13.4. The van der Waals surface area contributed by atoms with Crippen molar-refractivity contribution in [2.75, 3.05) is 23.3 Å². The molecule has 1 aliphatic rings. The summed E-state index contributed by atoms with van der Waals surface area (Å²) in [4.78, 5) is 27.4. The number of alkyl halides is 3. The van der Waals surface area contributed by atoms with Crippen LogP contribution in [0.25, 0.3) is 5.82 Å². The van der Waals surface area contributed by atoms with Crippen LogP contribution < -0.4 is 10.2 Å². The van der Waals surface area contributed by atoms with Crippen LogP contribution in [0.3, 0.4) is 0 Å². The Morgan fingerprint density at radius 2 is 1.81 bits per heavy atom. The maximum Gasteiger partial charge on any atom is 0.419 e. The topological polar surface area (TPSA) is 75.9 Å². The van der Waals surface area contributed by atoms with E-state index in [0.717, 1.165) is 17.7 Å². The van der Waals surface area contributed by atoms with Crippen molar-refractivity contribution in [2.24, 2.45) is 5.92 Å². The first-order valence-electron chi connectivity index (χ1n) is 9.97.